The number of aromatic nitrogens is 3. The molecule has 4 rings (SSSR count). The molecule has 10 heteroatoms. The number of hydrogen-bond donors (Lipinski definition) is 2. The second kappa shape index (κ2) is 6.71. The number of hydrogen-bond acceptors (Lipinski definition) is 5. The van der Waals surface area contributed by atoms with E-state index in [0.717, 1.165) is 12.8 Å². The van der Waals surface area contributed by atoms with Gasteiger partial charge in [-0.3, -0.25) is 9.59 Å². The number of carbonyl (C=O) groups excluding carboxylic acids is 1. The van der Waals surface area contributed by atoms with E-state index in [1.807, 2.05) is 18.8 Å². The minimum absolute atomic E-state index is 0.0756. The van der Waals surface area contributed by atoms with Crippen molar-refractivity contribution in [2.45, 2.75) is 44.7 Å². The molecule has 0 atom stereocenters. The minimum atomic E-state index is -4.66. The summed E-state index contributed by atoms with van der Waals surface area (Å²) in [7, 11) is 0. The monoisotopic (exact) mass is 406 g/mol. The van der Waals surface area contributed by atoms with Gasteiger partial charge in [-0.2, -0.15) is 13.2 Å². The standard InChI is InChI=1S/C19H17F3N4O3/c1-8(2)15-14-11(6-12(9-3-4-9)25-18(14)29-26-15)16(27)24-13-5-10(19(20,21)22)7-23-17(13)28/h5-9H,3-4H2,1-2H3,(H,23,28)(H,24,27). The van der Waals surface area contributed by atoms with E-state index in [1.165, 1.54) is 0 Å². The summed E-state index contributed by atoms with van der Waals surface area (Å²) in [6.45, 7) is 3.73. The molecule has 3 heterocycles. The molecule has 0 bridgehead atoms. The summed E-state index contributed by atoms with van der Waals surface area (Å²) in [6.07, 6.45) is -2.24. The molecule has 3 aromatic rings. The number of rotatable bonds is 4. The summed E-state index contributed by atoms with van der Waals surface area (Å²) in [5.74, 6) is -0.599. The molecule has 1 amide bonds. The molecule has 152 valence electrons. The van der Waals surface area contributed by atoms with Crippen molar-refractivity contribution in [3.8, 4) is 0 Å². The minimum Gasteiger partial charge on any atom is -0.335 e. The van der Waals surface area contributed by atoms with Crippen LogP contribution in [0, 0.1) is 0 Å². The molecular formula is C19H17F3N4O3. The van der Waals surface area contributed by atoms with Gasteiger partial charge >= 0.3 is 6.18 Å². The Labute approximate surface area is 162 Å². The van der Waals surface area contributed by atoms with E-state index in [4.69, 9.17) is 4.52 Å². The Balaban J connectivity index is 1.79. The molecule has 3 aromatic heterocycles. The second-order valence-electron chi connectivity index (χ2n) is 7.35. The van der Waals surface area contributed by atoms with Crippen molar-refractivity contribution in [2.24, 2.45) is 0 Å². The SMILES string of the molecule is CC(C)c1noc2nc(C3CC3)cc(C(=O)Nc3cc(C(F)(F)F)c[nH]c3=O)c12. The Kier molecular flexibility index (Phi) is 4.44. The smallest absolute Gasteiger partial charge is 0.335 e. The highest BCUT2D eigenvalue weighted by molar-refractivity contribution is 6.12. The van der Waals surface area contributed by atoms with Gasteiger partial charge in [-0.15, -0.1) is 0 Å². The lowest BCUT2D eigenvalue weighted by molar-refractivity contribution is -0.137. The number of pyridine rings is 2. The van der Waals surface area contributed by atoms with E-state index in [2.05, 4.69) is 15.5 Å². The van der Waals surface area contributed by atoms with Gasteiger partial charge in [0.05, 0.1) is 22.2 Å². The number of anilines is 1. The molecule has 0 aliphatic heterocycles. The second-order valence-corrected chi connectivity index (χ2v) is 7.35. The molecule has 1 saturated carbocycles. The summed E-state index contributed by atoms with van der Waals surface area (Å²) in [6, 6.07) is 2.20. The molecule has 0 unspecified atom stereocenters. The van der Waals surface area contributed by atoms with E-state index in [-0.39, 0.29) is 23.1 Å². The van der Waals surface area contributed by atoms with Gasteiger partial charge in [0.15, 0.2) is 0 Å². The van der Waals surface area contributed by atoms with Crippen LogP contribution < -0.4 is 10.9 Å². The van der Waals surface area contributed by atoms with Crippen LogP contribution in [-0.4, -0.2) is 21.0 Å². The summed E-state index contributed by atoms with van der Waals surface area (Å²) in [5, 5.41) is 6.68. The number of amides is 1. The number of carbonyl (C=O) groups is 1. The van der Waals surface area contributed by atoms with Gasteiger partial charge in [0.25, 0.3) is 17.2 Å². The molecule has 29 heavy (non-hydrogen) atoms. The Bertz CT molecular complexity index is 1160. The van der Waals surface area contributed by atoms with Crippen molar-refractivity contribution >= 4 is 22.7 Å². The first-order chi connectivity index (χ1) is 13.6. The number of halogens is 3. The van der Waals surface area contributed by atoms with Crippen LogP contribution >= 0.6 is 0 Å². The normalized spacial score (nSPS) is 14.6. The third-order valence-electron chi connectivity index (χ3n) is 4.76. The number of fused-ring (bicyclic) bond motifs is 1. The van der Waals surface area contributed by atoms with Gasteiger partial charge in [-0.25, -0.2) is 4.98 Å². The van der Waals surface area contributed by atoms with Crippen LogP contribution in [0.1, 0.15) is 65.8 Å². The Hall–Kier alpha value is -3.17. The summed E-state index contributed by atoms with van der Waals surface area (Å²) >= 11 is 0. The third kappa shape index (κ3) is 3.62. The zero-order valence-corrected chi connectivity index (χ0v) is 15.6. The maximum absolute atomic E-state index is 13.0. The molecule has 0 spiro atoms. The van der Waals surface area contributed by atoms with Crippen LogP contribution in [0.5, 0.6) is 0 Å². The van der Waals surface area contributed by atoms with Crippen molar-refractivity contribution in [2.75, 3.05) is 5.32 Å². The molecule has 0 saturated heterocycles. The summed E-state index contributed by atoms with van der Waals surface area (Å²) in [5.41, 5.74) is -0.873. The lowest BCUT2D eigenvalue weighted by Gasteiger charge is -2.11. The van der Waals surface area contributed by atoms with E-state index < -0.39 is 28.9 Å². The Morgan fingerprint density at radius 1 is 1.31 bits per heavy atom. The molecule has 1 aliphatic carbocycles. The van der Waals surface area contributed by atoms with Crippen LogP contribution in [-0.2, 0) is 6.18 Å². The van der Waals surface area contributed by atoms with Crippen molar-refractivity contribution in [3.63, 3.8) is 0 Å². The van der Waals surface area contributed by atoms with Gasteiger partial charge in [-0.05, 0) is 30.9 Å². The highest BCUT2D eigenvalue weighted by Crippen LogP contribution is 2.41. The predicted molar refractivity (Wildman–Crippen MR) is 97.9 cm³/mol. The van der Waals surface area contributed by atoms with Crippen molar-refractivity contribution in [3.05, 3.63) is 51.2 Å². The molecule has 0 radical (unpaired) electrons. The van der Waals surface area contributed by atoms with Crippen LogP contribution in [0.15, 0.2) is 27.6 Å². The molecule has 2 N–H and O–H groups in total. The van der Waals surface area contributed by atoms with Crippen LogP contribution in [0.25, 0.3) is 11.1 Å². The van der Waals surface area contributed by atoms with Gasteiger partial charge < -0.3 is 14.8 Å². The number of nitrogens with one attached hydrogen (secondary N) is 2. The van der Waals surface area contributed by atoms with Crippen molar-refractivity contribution in [1.29, 1.82) is 0 Å². The van der Waals surface area contributed by atoms with Crippen molar-refractivity contribution < 1.29 is 22.5 Å². The number of H-pyrrole nitrogens is 1. The first-order valence-corrected chi connectivity index (χ1v) is 9.06. The predicted octanol–water partition coefficient (Wildman–Crippen LogP) is 4.18. The van der Waals surface area contributed by atoms with Gasteiger partial charge in [0, 0.05) is 17.8 Å². The zero-order valence-electron chi connectivity index (χ0n) is 15.6. The summed E-state index contributed by atoms with van der Waals surface area (Å²) in [4.78, 5) is 31.4. The highest BCUT2D eigenvalue weighted by atomic mass is 19.4. The van der Waals surface area contributed by atoms with Crippen molar-refractivity contribution in [1.82, 2.24) is 15.1 Å². The number of aromatic amines is 1. The van der Waals surface area contributed by atoms with Gasteiger partial charge in [0.1, 0.15) is 5.69 Å². The lowest BCUT2D eigenvalue weighted by Crippen LogP contribution is -2.22. The van der Waals surface area contributed by atoms with Crippen LogP contribution in [0.2, 0.25) is 0 Å². The van der Waals surface area contributed by atoms with Gasteiger partial charge in [0.2, 0.25) is 0 Å². The topological polar surface area (TPSA) is 101 Å². The van der Waals surface area contributed by atoms with E-state index >= 15 is 0 Å². The summed E-state index contributed by atoms with van der Waals surface area (Å²) < 4.78 is 44.2. The lowest BCUT2D eigenvalue weighted by atomic mass is 10.0. The highest BCUT2D eigenvalue weighted by Gasteiger charge is 2.32. The first-order valence-electron chi connectivity index (χ1n) is 9.06. The fourth-order valence-electron chi connectivity index (χ4n) is 3.08. The maximum atomic E-state index is 13.0. The quantitative estimate of drug-likeness (QED) is 0.677. The molecule has 1 aliphatic rings. The third-order valence-corrected chi connectivity index (χ3v) is 4.76. The molecule has 7 nitrogen and oxygen atoms in total. The van der Waals surface area contributed by atoms with Crippen LogP contribution in [0.3, 0.4) is 0 Å². The molecule has 0 aromatic carbocycles. The van der Waals surface area contributed by atoms with E-state index in [9.17, 15) is 22.8 Å². The Morgan fingerprint density at radius 2 is 2.03 bits per heavy atom. The average molecular weight is 406 g/mol. The van der Waals surface area contributed by atoms with Crippen LogP contribution in [0.4, 0.5) is 18.9 Å². The number of alkyl halides is 3. The fraction of sp³-hybridized carbons (Fsp3) is 0.368. The zero-order chi connectivity index (χ0) is 20.9. The molecule has 1 fully saturated rings. The maximum Gasteiger partial charge on any atom is 0.417 e. The molecular weight excluding hydrogens is 389 g/mol. The van der Waals surface area contributed by atoms with E-state index in [0.29, 0.717) is 29.0 Å². The average Bonchev–Trinajstić information content (AvgIpc) is 3.40. The number of nitrogens with zero attached hydrogens (tertiary/aromatic N) is 2. The fourth-order valence-corrected chi connectivity index (χ4v) is 3.08. The Morgan fingerprint density at radius 3 is 2.66 bits per heavy atom. The largest absolute Gasteiger partial charge is 0.417 e. The van der Waals surface area contributed by atoms with Gasteiger partial charge in [-0.1, -0.05) is 19.0 Å². The first kappa shape index (κ1) is 19.2. The van der Waals surface area contributed by atoms with E-state index in [1.54, 1.807) is 6.07 Å².